The Morgan fingerprint density at radius 3 is 2.54 bits per heavy atom. The average molecular weight is 559 g/mol. The summed E-state index contributed by atoms with van der Waals surface area (Å²) in [6, 6.07) is 4.13. The minimum atomic E-state index is -1.05. The van der Waals surface area contributed by atoms with E-state index in [9.17, 15) is 28.7 Å². The van der Waals surface area contributed by atoms with Crippen molar-refractivity contribution in [1.29, 1.82) is 0 Å². The zero-order valence-corrected chi connectivity index (χ0v) is 22.4. The number of pyridine rings is 1. The molecule has 3 aliphatic heterocycles. The van der Waals surface area contributed by atoms with Crippen LogP contribution in [0.5, 0.6) is 5.75 Å². The van der Waals surface area contributed by atoms with Gasteiger partial charge in [-0.2, -0.15) is 0 Å². The summed E-state index contributed by atoms with van der Waals surface area (Å²) in [6.07, 6.45) is 1.88. The van der Waals surface area contributed by atoms with Crippen molar-refractivity contribution in [3.63, 3.8) is 0 Å². The quantitative estimate of drug-likeness (QED) is 0.617. The van der Waals surface area contributed by atoms with Gasteiger partial charge in [-0.3, -0.25) is 23.7 Å². The van der Waals surface area contributed by atoms with Crippen molar-refractivity contribution >= 4 is 29.3 Å². The predicted molar refractivity (Wildman–Crippen MR) is 137 cm³/mol. The van der Waals surface area contributed by atoms with Crippen molar-refractivity contribution < 1.29 is 28.6 Å². The minimum absolute atomic E-state index is 0.0649. The molecule has 206 valence electrons. The third-order valence-corrected chi connectivity index (χ3v) is 8.76. The smallest absolute Gasteiger partial charge is 0.296 e. The third kappa shape index (κ3) is 3.70. The molecule has 0 unspecified atom stereocenters. The van der Waals surface area contributed by atoms with E-state index in [0.29, 0.717) is 30.6 Å². The Morgan fingerprint density at radius 1 is 1.18 bits per heavy atom. The number of amides is 3. The number of hydrogen-bond donors (Lipinski definition) is 1. The molecule has 0 bridgehead atoms. The van der Waals surface area contributed by atoms with Crippen LogP contribution < -0.4 is 5.56 Å². The fourth-order valence-electron chi connectivity index (χ4n) is 6.23. The summed E-state index contributed by atoms with van der Waals surface area (Å²) in [5.41, 5.74) is -1.65. The van der Waals surface area contributed by atoms with Crippen LogP contribution >= 0.6 is 11.6 Å². The first-order valence-electron chi connectivity index (χ1n) is 12.9. The van der Waals surface area contributed by atoms with E-state index >= 15 is 0 Å². The van der Waals surface area contributed by atoms with E-state index in [4.69, 9.17) is 16.3 Å². The highest BCUT2D eigenvalue weighted by atomic mass is 35.5. The topological polar surface area (TPSA) is 112 Å². The van der Waals surface area contributed by atoms with Crippen LogP contribution in [0.25, 0.3) is 0 Å². The predicted octanol–water partition coefficient (Wildman–Crippen LogP) is 2.43. The largest absolute Gasteiger partial charge is 0.502 e. The number of nitrogens with zero attached hydrogens (tertiary/aromatic N) is 4. The molecule has 12 heteroatoms. The average Bonchev–Trinajstić information content (AvgIpc) is 3.35. The molecule has 1 saturated heterocycles. The second-order valence-corrected chi connectivity index (χ2v) is 11.7. The van der Waals surface area contributed by atoms with Gasteiger partial charge in [0.15, 0.2) is 5.75 Å². The van der Waals surface area contributed by atoms with E-state index in [1.54, 1.807) is 4.90 Å². The number of fused-ring (bicyclic) bond motifs is 4. The Balaban J connectivity index is 1.37. The molecule has 6 rings (SSSR count). The van der Waals surface area contributed by atoms with Gasteiger partial charge >= 0.3 is 0 Å². The summed E-state index contributed by atoms with van der Waals surface area (Å²) in [5, 5.41) is 10.9. The summed E-state index contributed by atoms with van der Waals surface area (Å²) in [5.74, 6) is -2.68. The summed E-state index contributed by atoms with van der Waals surface area (Å²) < 4.78 is 20.4. The molecule has 1 saturated carbocycles. The van der Waals surface area contributed by atoms with E-state index in [0.717, 1.165) is 6.42 Å². The van der Waals surface area contributed by atoms with Crippen LogP contribution in [0.3, 0.4) is 0 Å². The number of ether oxygens (including phenoxy) is 1. The number of benzene rings is 1. The zero-order valence-electron chi connectivity index (χ0n) is 21.6. The van der Waals surface area contributed by atoms with E-state index in [1.165, 1.54) is 32.6 Å². The number of hydrogen-bond acceptors (Lipinski definition) is 6. The van der Waals surface area contributed by atoms with Gasteiger partial charge in [0, 0.05) is 18.7 Å². The zero-order chi connectivity index (χ0) is 27.9. The highest BCUT2D eigenvalue weighted by Gasteiger charge is 2.57. The maximum Gasteiger partial charge on any atom is 0.296 e. The third-order valence-electron chi connectivity index (χ3n) is 8.47. The maximum absolute atomic E-state index is 13.9. The molecule has 10 nitrogen and oxygen atoms in total. The van der Waals surface area contributed by atoms with Gasteiger partial charge in [0.1, 0.15) is 30.4 Å². The normalized spacial score (nSPS) is 20.9. The van der Waals surface area contributed by atoms with Crippen LogP contribution in [0, 0.1) is 5.82 Å². The monoisotopic (exact) mass is 558 g/mol. The molecule has 2 fully saturated rings. The molecule has 0 radical (unpaired) electrons. The van der Waals surface area contributed by atoms with Crippen LogP contribution in [-0.2, 0) is 28.2 Å². The second kappa shape index (κ2) is 8.79. The maximum atomic E-state index is 13.9. The van der Waals surface area contributed by atoms with Crippen LogP contribution in [0.2, 0.25) is 5.02 Å². The first kappa shape index (κ1) is 25.8. The van der Waals surface area contributed by atoms with E-state index in [-0.39, 0.29) is 55.0 Å². The molecule has 1 aromatic heterocycles. The Morgan fingerprint density at radius 2 is 1.92 bits per heavy atom. The summed E-state index contributed by atoms with van der Waals surface area (Å²) in [7, 11) is 0. The van der Waals surface area contributed by atoms with Gasteiger partial charge in [-0.15, -0.1) is 0 Å². The first-order chi connectivity index (χ1) is 18.5. The molecule has 1 spiro atoms. The lowest BCUT2D eigenvalue weighted by Crippen LogP contribution is -2.58. The van der Waals surface area contributed by atoms with Crippen molar-refractivity contribution in [3.8, 4) is 5.75 Å². The number of halogens is 2. The van der Waals surface area contributed by atoms with Crippen LogP contribution in [-0.4, -0.2) is 74.1 Å². The van der Waals surface area contributed by atoms with Gasteiger partial charge < -0.3 is 24.5 Å². The summed E-state index contributed by atoms with van der Waals surface area (Å²) in [4.78, 5) is 58.7. The van der Waals surface area contributed by atoms with Crippen LogP contribution in [0.15, 0.2) is 23.0 Å². The van der Waals surface area contributed by atoms with Crippen LogP contribution in [0.1, 0.15) is 65.1 Å². The van der Waals surface area contributed by atoms with Crippen molar-refractivity contribution in [2.45, 2.75) is 57.3 Å². The van der Waals surface area contributed by atoms with Gasteiger partial charge in [-0.1, -0.05) is 17.7 Å². The molecule has 0 atom stereocenters. The van der Waals surface area contributed by atoms with Crippen molar-refractivity contribution in [3.05, 3.63) is 61.8 Å². The molecule has 4 aliphatic rings. The van der Waals surface area contributed by atoms with E-state index < -0.39 is 40.1 Å². The summed E-state index contributed by atoms with van der Waals surface area (Å²) >= 11 is 5.89. The van der Waals surface area contributed by atoms with Crippen molar-refractivity contribution in [1.82, 2.24) is 19.3 Å². The van der Waals surface area contributed by atoms with Gasteiger partial charge in [-0.25, -0.2) is 4.39 Å². The molecule has 4 heterocycles. The molecule has 2 aromatic rings. The molecule has 3 amide bonds. The first-order valence-corrected chi connectivity index (χ1v) is 13.3. The molecular weight excluding hydrogens is 531 g/mol. The van der Waals surface area contributed by atoms with Gasteiger partial charge in [-0.05, 0) is 57.2 Å². The van der Waals surface area contributed by atoms with Gasteiger partial charge in [0.25, 0.3) is 17.4 Å². The number of aromatic nitrogens is 1. The van der Waals surface area contributed by atoms with Crippen molar-refractivity contribution in [2.75, 3.05) is 26.4 Å². The summed E-state index contributed by atoms with van der Waals surface area (Å²) in [6.45, 7) is 4.32. The van der Waals surface area contributed by atoms with Gasteiger partial charge in [0.05, 0.1) is 22.7 Å². The number of carbonyl (C=O) groups excluding carboxylic acids is 3. The number of rotatable bonds is 4. The lowest BCUT2D eigenvalue weighted by Gasteiger charge is -2.46. The highest BCUT2D eigenvalue weighted by molar-refractivity contribution is 6.30. The highest BCUT2D eigenvalue weighted by Crippen LogP contribution is 2.49. The van der Waals surface area contributed by atoms with Gasteiger partial charge in [0.2, 0.25) is 5.91 Å². The lowest BCUT2D eigenvalue weighted by molar-refractivity contribution is -0.139. The Labute approximate surface area is 228 Å². The molecular formula is C27H28ClFN4O6. The Hall–Kier alpha value is -3.44. The van der Waals surface area contributed by atoms with Crippen molar-refractivity contribution in [2.24, 2.45) is 0 Å². The lowest BCUT2D eigenvalue weighted by atomic mass is 9.83. The standard InChI is InChI=1S/C27H28ClFN4O6/c1-26(2)13-39-14-32(26)19(34)12-31-24(37)21-16-6-9-30(11-15-4-5-18(29)17(28)10-15)23(36)20(16)22(35)25(38)33(21)27(31)7-3-8-27/h4-5,10,35H,3,6-9,11-14H2,1-2H3. The van der Waals surface area contributed by atoms with E-state index in [1.807, 2.05) is 13.8 Å². The molecule has 1 N–H and O–H groups in total. The minimum Gasteiger partial charge on any atom is -0.502 e. The number of aromatic hydroxyl groups is 1. The number of carbonyl (C=O) groups is 3. The molecule has 1 aliphatic carbocycles. The van der Waals surface area contributed by atoms with Crippen LogP contribution in [0.4, 0.5) is 4.39 Å². The van der Waals surface area contributed by atoms with E-state index in [2.05, 4.69) is 0 Å². The Kier molecular flexibility index (Phi) is 5.82. The SMILES string of the molecule is CC1(C)COCN1C(=O)CN1C(=O)c2c3c(c(O)c(=O)n2C12CCC2)C(=O)N(Cc1ccc(F)c(Cl)c1)CC3. The fraction of sp³-hybridized carbons (Fsp3) is 0.481. The molecule has 39 heavy (non-hydrogen) atoms. The fourth-order valence-corrected chi connectivity index (χ4v) is 6.44. The molecule has 1 aromatic carbocycles. The second-order valence-electron chi connectivity index (χ2n) is 11.3. The Bertz CT molecular complexity index is 1500.